The van der Waals surface area contributed by atoms with Gasteiger partial charge < -0.3 is 8.85 Å². The molecule has 0 aromatic heterocycles. The molecule has 0 aliphatic carbocycles. The van der Waals surface area contributed by atoms with E-state index in [1.54, 1.807) is 0 Å². The fourth-order valence-electron chi connectivity index (χ4n) is 3.80. The summed E-state index contributed by atoms with van der Waals surface area (Å²) in [6.45, 7) is 22.5. The van der Waals surface area contributed by atoms with E-state index < -0.39 is 18.1 Å². The molecule has 33 heavy (non-hydrogen) atoms. The summed E-state index contributed by atoms with van der Waals surface area (Å²) in [6, 6.07) is 15.6. The third-order valence-corrected chi connectivity index (χ3v) is 7.47. The minimum atomic E-state index is -1.29. The zero-order valence-corrected chi connectivity index (χ0v) is 25.9. The Hall–Kier alpha value is -1.17. The van der Waals surface area contributed by atoms with Crippen molar-refractivity contribution in [2.24, 2.45) is 10.8 Å². The van der Waals surface area contributed by atoms with Crippen LogP contribution < -0.4 is 0 Å². The predicted molar refractivity (Wildman–Crippen MR) is 150 cm³/mol. The fraction of sp³-hybridized carbons (Fsp3) is 0.500. The van der Waals surface area contributed by atoms with Crippen molar-refractivity contribution < 1.29 is 8.85 Å². The second-order valence-corrected chi connectivity index (χ2v) is 16.9. The second kappa shape index (κ2) is 11.5. The first-order valence-electron chi connectivity index (χ1n) is 11.8. The van der Waals surface area contributed by atoms with Gasteiger partial charge in [0.25, 0.3) is 0 Å². The maximum atomic E-state index is 6.68. The lowest BCUT2D eigenvalue weighted by Gasteiger charge is -2.39. The molecule has 2 unspecified atom stereocenters. The van der Waals surface area contributed by atoms with E-state index in [9.17, 15) is 0 Å². The van der Waals surface area contributed by atoms with Crippen LogP contribution in [-0.2, 0) is 8.85 Å². The molecular formula is C28H40BrO2Si2. The maximum Gasteiger partial charge on any atom is 0.171 e. The molecule has 0 amide bonds. The minimum Gasteiger partial charge on any atom is -0.413 e. The van der Waals surface area contributed by atoms with Crippen molar-refractivity contribution in [1.29, 1.82) is 0 Å². The van der Waals surface area contributed by atoms with E-state index in [0.717, 1.165) is 15.6 Å². The van der Waals surface area contributed by atoms with Gasteiger partial charge in [0.15, 0.2) is 18.1 Å². The minimum absolute atomic E-state index is 0.0139. The topological polar surface area (TPSA) is 18.5 Å². The van der Waals surface area contributed by atoms with Crippen LogP contribution in [0, 0.1) is 28.7 Å². The van der Waals surface area contributed by atoms with Crippen molar-refractivity contribution in [3.05, 3.63) is 69.2 Å². The molecule has 0 spiro atoms. The third-order valence-electron chi connectivity index (χ3n) is 5.18. The summed E-state index contributed by atoms with van der Waals surface area (Å²) in [7, 11) is -2.55. The van der Waals surface area contributed by atoms with Crippen LogP contribution in [0.25, 0.3) is 0 Å². The first-order valence-corrected chi connectivity index (χ1v) is 18.2. The average molecular weight is 545 g/mol. The number of hydrogen-bond acceptors (Lipinski definition) is 2. The van der Waals surface area contributed by atoms with Gasteiger partial charge in [-0.3, -0.25) is 0 Å². The first-order chi connectivity index (χ1) is 15.2. The van der Waals surface area contributed by atoms with Crippen molar-refractivity contribution in [2.75, 3.05) is 0 Å². The molecule has 2 rings (SSSR count). The first kappa shape index (κ1) is 28.1. The smallest absolute Gasteiger partial charge is 0.171 e. The highest BCUT2D eigenvalue weighted by atomic mass is 79.9. The van der Waals surface area contributed by atoms with Crippen LogP contribution in [-0.4, -0.2) is 18.1 Å². The largest absolute Gasteiger partial charge is 0.413 e. The van der Waals surface area contributed by atoms with E-state index in [-0.39, 0.29) is 23.0 Å². The Bertz CT molecular complexity index is 991. The molecule has 0 fully saturated rings. The Kier molecular flexibility index (Phi) is 9.79. The third kappa shape index (κ3) is 8.22. The van der Waals surface area contributed by atoms with Crippen LogP contribution >= 0.6 is 15.9 Å². The van der Waals surface area contributed by atoms with Crippen molar-refractivity contribution in [1.82, 2.24) is 0 Å². The predicted octanol–water partition coefficient (Wildman–Crippen LogP) is 7.82. The van der Waals surface area contributed by atoms with Gasteiger partial charge in [-0.2, -0.15) is 0 Å². The van der Waals surface area contributed by atoms with Gasteiger partial charge in [-0.1, -0.05) is 71.6 Å². The molecule has 0 bridgehead atoms. The summed E-state index contributed by atoms with van der Waals surface area (Å²) in [6.07, 6.45) is -0.00160. The van der Waals surface area contributed by atoms with Crippen molar-refractivity contribution in [2.45, 2.75) is 79.9 Å². The molecule has 5 heteroatoms. The summed E-state index contributed by atoms with van der Waals surface area (Å²) in [4.78, 5) is 0. The van der Waals surface area contributed by atoms with Crippen LogP contribution in [0.2, 0.25) is 26.2 Å². The summed E-state index contributed by atoms with van der Waals surface area (Å²) in [5.74, 6) is 6.64. The van der Waals surface area contributed by atoms with E-state index >= 15 is 0 Å². The van der Waals surface area contributed by atoms with Gasteiger partial charge in [0.1, 0.15) is 0 Å². The van der Waals surface area contributed by atoms with Gasteiger partial charge in [0, 0.05) is 15.6 Å². The lowest BCUT2D eigenvalue weighted by Crippen LogP contribution is -2.31. The highest BCUT2D eigenvalue weighted by Crippen LogP contribution is 2.45. The highest BCUT2D eigenvalue weighted by molar-refractivity contribution is 9.10. The highest BCUT2D eigenvalue weighted by Gasteiger charge is 2.35. The van der Waals surface area contributed by atoms with Gasteiger partial charge in [-0.05, 0) is 88.3 Å². The van der Waals surface area contributed by atoms with Gasteiger partial charge >= 0.3 is 0 Å². The van der Waals surface area contributed by atoms with Gasteiger partial charge in [-0.25, -0.2) is 0 Å². The Balaban J connectivity index is 2.70. The molecule has 179 valence electrons. The monoisotopic (exact) mass is 543 g/mol. The van der Waals surface area contributed by atoms with Crippen LogP contribution in [0.15, 0.2) is 40.9 Å². The second-order valence-electron chi connectivity index (χ2n) is 11.3. The van der Waals surface area contributed by atoms with E-state index in [4.69, 9.17) is 8.85 Å². The molecule has 0 aliphatic heterocycles. The molecule has 0 N–H and O–H groups in total. The van der Waals surface area contributed by atoms with Crippen molar-refractivity contribution in [3.63, 3.8) is 0 Å². The van der Waals surface area contributed by atoms with Crippen molar-refractivity contribution in [3.8, 4) is 11.8 Å². The quantitative estimate of drug-likeness (QED) is 0.273. The zero-order chi connectivity index (χ0) is 25.0. The Labute approximate surface area is 214 Å². The summed E-state index contributed by atoms with van der Waals surface area (Å²) < 4.78 is 14.3. The number of rotatable bonds is 6. The molecule has 2 nitrogen and oxygen atoms in total. The van der Waals surface area contributed by atoms with Gasteiger partial charge in [-0.15, -0.1) is 0 Å². The molecule has 0 aliphatic rings. The summed E-state index contributed by atoms with van der Waals surface area (Å²) in [5.41, 5.74) is 4.21. The standard InChI is InChI=1S/C28H40BrO2Si2/c1-27(2,3)25(30-32(7)8)22-18-16-20(15-17-21-13-11-12-14-24(21)29)19-23(22)26(28(4,5)6)31-33(9)10/h11-12,14,16,18-19,25-26,32-33H,1-10H3. The SMILES string of the molecule is C[SiH](C)OC(c1ccc(C#Cc2[c]cccc2Br)cc1C(O[SiH](C)C)C(C)(C)C)C(C)(C)C. The van der Waals surface area contributed by atoms with E-state index in [1.807, 2.05) is 18.2 Å². The zero-order valence-electron chi connectivity index (χ0n) is 22.0. The lowest BCUT2D eigenvalue weighted by molar-refractivity contribution is 0.0656. The molecule has 2 atom stereocenters. The Morgan fingerprint density at radius 3 is 1.85 bits per heavy atom. The van der Waals surface area contributed by atoms with Crippen LogP contribution in [0.4, 0.5) is 0 Å². The van der Waals surface area contributed by atoms with E-state index in [2.05, 4.69) is 120 Å². The van der Waals surface area contributed by atoms with E-state index in [1.165, 1.54) is 11.1 Å². The Morgan fingerprint density at radius 1 is 0.818 bits per heavy atom. The summed E-state index contributed by atoms with van der Waals surface area (Å²) >= 11 is 3.57. The van der Waals surface area contributed by atoms with Gasteiger partial charge in [0.2, 0.25) is 0 Å². The molecule has 2 aromatic carbocycles. The number of benzene rings is 2. The number of halogens is 1. The lowest BCUT2D eigenvalue weighted by atomic mass is 9.77. The summed E-state index contributed by atoms with van der Waals surface area (Å²) in [5, 5.41) is 0. The normalized spacial score (nSPS) is 14.2. The van der Waals surface area contributed by atoms with Crippen LogP contribution in [0.5, 0.6) is 0 Å². The molecule has 0 saturated heterocycles. The molecule has 0 heterocycles. The number of hydrogen-bond donors (Lipinski definition) is 0. The van der Waals surface area contributed by atoms with Crippen LogP contribution in [0.3, 0.4) is 0 Å². The molecular weight excluding hydrogens is 504 g/mol. The molecule has 2 aromatic rings. The van der Waals surface area contributed by atoms with Gasteiger partial charge in [0.05, 0.1) is 12.2 Å². The average Bonchev–Trinajstić information content (AvgIpc) is 2.68. The fourth-order valence-corrected chi connectivity index (χ4v) is 6.36. The Morgan fingerprint density at radius 2 is 1.36 bits per heavy atom. The molecule has 0 saturated carbocycles. The van der Waals surface area contributed by atoms with Crippen molar-refractivity contribution >= 4 is 34.0 Å². The molecule has 1 radical (unpaired) electrons. The van der Waals surface area contributed by atoms with Crippen LogP contribution in [0.1, 0.15) is 76.0 Å². The maximum absolute atomic E-state index is 6.68. The van der Waals surface area contributed by atoms with E-state index in [0.29, 0.717) is 0 Å².